The topological polar surface area (TPSA) is 165 Å². The average Bonchev–Trinajstić information content (AvgIpc) is 4.03. The molecule has 336 valence electrons. The van der Waals surface area contributed by atoms with Gasteiger partial charge in [0.1, 0.15) is 17.8 Å². The first kappa shape index (κ1) is 43.6. The maximum Gasteiger partial charge on any atom is 0.253 e. The summed E-state index contributed by atoms with van der Waals surface area (Å²) < 4.78 is 6.67. The lowest BCUT2D eigenvalue weighted by Crippen LogP contribution is -2.60. The van der Waals surface area contributed by atoms with Crippen molar-refractivity contribution in [3.63, 3.8) is 0 Å². The molecule has 1 saturated carbocycles. The van der Waals surface area contributed by atoms with Crippen molar-refractivity contribution in [1.29, 1.82) is 0 Å². The maximum atomic E-state index is 14.0. The van der Waals surface area contributed by atoms with Crippen LogP contribution >= 0.6 is 11.6 Å². The third kappa shape index (κ3) is 10.7. The molecule has 1 aliphatic carbocycles. The molecule has 9 rings (SSSR count). The van der Waals surface area contributed by atoms with E-state index in [1.54, 1.807) is 6.33 Å². The van der Waals surface area contributed by atoms with Crippen molar-refractivity contribution in [1.82, 2.24) is 40.3 Å². The van der Waals surface area contributed by atoms with E-state index in [0.717, 1.165) is 105 Å². The molecule has 15 heteroatoms. The molecule has 5 N–H and O–H groups in total. The first-order chi connectivity index (χ1) is 30.7. The summed E-state index contributed by atoms with van der Waals surface area (Å²) in [6, 6.07) is 18.2. The van der Waals surface area contributed by atoms with Gasteiger partial charge in [0.05, 0.1) is 35.7 Å². The van der Waals surface area contributed by atoms with Gasteiger partial charge in [-0.1, -0.05) is 35.9 Å². The molecule has 0 radical (unpaired) electrons. The highest BCUT2D eigenvalue weighted by Crippen LogP contribution is 2.32. The standard InChI is InChI=1S/C48H63ClN10O4/c49-37-8-6-33(7-9-37)42(55-47(62)48(50)18-27-57(28-19-48)45-41-12-20-51-44(41)53-32-54-45)17-24-56-22-13-39(14-23-56)63-40-15-25-58(26-16-40)46(61)35-4-1-3-34(29-35)36-5-2-21-59(31-36)43(60)30-52-38-10-11-38/h1,3-4,6-9,12,20,29,32,36,38-40,42,52H,2,5,10-11,13-19,21-28,30-31,50H2,(H,55,62)(H,51,53,54)/t36?,42-/m0/s1. The zero-order valence-corrected chi connectivity index (χ0v) is 37.1. The SMILES string of the molecule is NC1(C(=O)N[C@@H](CCN2CCC(OC3CCN(C(=O)c4cccc(C5CCCN(C(=O)CNC6CC6)C5)c4)CC3)CC2)c2ccc(Cl)cc2)CCN(c2ncnc3[nH]ccc23)CC1. The fraction of sp³-hybridized carbons (Fsp3) is 0.562. The lowest BCUT2D eigenvalue weighted by molar-refractivity contribution is -0.131. The number of hydrogen-bond donors (Lipinski definition) is 4. The van der Waals surface area contributed by atoms with Crippen LogP contribution in [0.4, 0.5) is 5.82 Å². The molecule has 14 nitrogen and oxygen atoms in total. The number of halogens is 1. The number of fused-ring (bicyclic) bond motifs is 1. The highest BCUT2D eigenvalue weighted by atomic mass is 35.5. The number of aromatic amines is 1. The average molecular weight is 880 g/mol. The smallest absolute Gasteiger partial charge is 0.253 e. The van der Waals surface area contributed by atoms with Crippen LogP contribution in [-0.2, 0) is 14.3 Å². The Labute approximate surface area is 375 Å². The maximum absolute atomic E-state index is 14.0. The predicted molar refractivity (Wildman–Crippen MR) is 245 cm³/mol. The number of rotatable bonds is 14. The van der Waals surface area contributed by atoms with E-state index >= 15 is 0 Å². The first-order valence-electron chi connectivity index (χ1n) is 23.3. The second kappa shape index (κ2) is 19.6. The third-order valence-electron chi connectivity index (χ3n) is 14.2. The number of amides is 3. The molecule has 4 saturated heterocycles. The second-order valence-corrected chi connectivity index (χ2v) is 19.0. The molecule has 2 aromatic carbocycles. The zero-order valence-electron chi connectivity index (χ0n) is 36.4. The Bertz CT molecular complexity index is 2190. The molecular weight excluding hydrogens is 816 g/mol. The molecule has 1 unspecified atom stereocenters. The fourth-order valence-electron chi connectivity index (χ4n) is 10.0. The Morgan fingerprint density at radius 2 is 1.62 bits per heavy atom. The van der Waals surface area contributed by atoms with Crippen molar-refractivity contribution in [2.24, 2.45) is 5.73 Å². The van der Waals surface area contributed by atoms with Gasteiger partial charge in [-0.2, -0.15) is 0 Å². The van der Waals surface area contributed by atoms with Crippen LogP contribution in [0.2, 0.25) is 5.02 Å². The van der Waals surface area contributed by atoms with Crippen molar-refractivity contribution >= 4 is 46.2 Å². The van der Waals surface area contributed by atoms with E-state index in [9.17, 15) is 14.4 Å². The first-order valence-corrected chi connectivity index (χ1v) is 23.7. The number of aromatic nitrogens is 3. The molecule has 0 spiro atoms. The van der Waals surface area contributed by atoms with Crippen molar-refractivity contribution in [2.45, 2.75) is 106 Å². The number of likely N-dealkylation sites (tertiary alicyclic amines) is 3. The minimum absolute atomic E-state index is 0.0816. The number of nitrogens with zero attached hydrogens (tertiary/aromatic N) is 6. The van der Waals surface area contributed by atoms with Crippen molar-refractivity contribution in [3.8, 4) is 0 Å². The van der Waals surface area contributed by atoms with E-state index < -0.39 is 5.54 Å². The van der Waals surface area contributed by atoms with Gasteiger partial charge in [-0.15, -0.1) is 0 Å². The summed E-state index contributed by atoms with van der Waals surface area (Å²) in [7, 11) is 0. The molecule has 5 aliphatic rings. The number of H-pyrrole nitrogens is 1. The van der Waals surface area contributed by atoms with Crippen LogP contribution in [0.5, 0.6) is 0 Å². The van der Waals surface area contributed by atoms with Gasteiger partial charge in [-0.05, 0) is 112 Å². The number of anilines is 1. The minimum atomic E-state index is -0.983. The van der Waals surface area contributed by atoms with Crippen LogP contribution < -0.4 is 21.3 Å². The summed E-state index contributed by atoms with van der Waals surface area (Å²) in [5.74, 6) is 1.26. The molecule has 6 heterocycles. The molecule has 4 aromatic rings. The molecule has 4 aliphatic heterocycles. The van der Waals surface area contributed by atoms with Crippen molar-refractivity contribution in [3.05, 3.63) is 88.8 Å². The fourth-order valence-corrected chi connectivity index (χ4v) is 10.2. The molecule has 2 aromatic heterocycles. The molecule has 3 amide bonds. The number of carbonyl (C=O) groups is 3. The number of nitrogens with two attached hydrogens (primary N) is 1. The lowest BCUT2D eigenvalue weighted by Gasteiger charge is -2.40. The number of carbonyl (C=O) groups excluding carboxylic acids is 3. The normalized spacial score (nSPS) is 22.0. The summed E-state index contributed by atoms with van der Waals surface area (Å²) >= 11 is 6.27. The summed E-state index contributed by atoms with van der Waals surface area (Å²) in [5, 5.41) is 8.33. The van der Waals surface area contributed by atoms with E-state index in [1.165, 1.54) is 12.8 Å². The van der Waals surface area contributed by atoms with E-state index in [2.05, 4.69) is 47.5 Å². The van der Waals surface area contributed by atoms with Crippen LogP contribution in [0, 0.1) is 0 Å². The number of piperidine rings is 4. The number of ether oxygens (including phenoxy) is 1. The molecule has 5 fully saturated rings. The molecule has 0 bridgehead atoms. The van der Waals surface area contributed by atoms with Gasteiger partial charge < -0.3 is 45.7 Å². The molecular formula is C48H63ClN10O4. The van der Waals surface area contributed by atoms with E-state index in [1.807, 2.05) is 58.5 Å². The highest BCUT2D eigenvalue weighted by Gasteiger charge is 2.40. The van der Waals surface area contributed by atoms with Crippen molar-refractivity contribution < 1.29 is 19.1 Å². The van der Waals surface area contributed by atoms with Crippen LogP contribution in [0.3, 0.4) is 0 Å². The van der Waals surface area contributed by atoms with Crippen LogP contribution in [0.25, 0.3) is 11.0 Å². The van der Waals surface area contributed by atoms with Gasteiger partial charge in [0.15, 0.2) is 0 Å². The van der Waals surface area contributed by atoms with Crippen LogP contribution in [0.15, 0.2) is 67.1 Å². The Morgan fingerprint density at radius 1 is 0.873 bits per heavy atom. The molecule has 63 heavy (non-hydrogen) atoms. The van der Waals surface area contributed by atoms with Crippen LogP contribution in [0.1, 0.15) is 104 Å². The zero-order chi connectivity index (χ0) is 43.3. The number of benzene rings is 2. The van der Waals surface area contributed by atoms with Gasteiger partial charge in [0, 0.05) is 87.6 Å². The van der Waals surface area contributed by atoms with Gasteiger partial charge in [0.2, 0.25) is 11.8 Å². The van der Waals surface area contributed by atoms with E-state index in [-0.39, 0.29) is 41.9 Å². The van der Waals surface area contributed by atoms with Gasteiger partial charge in [0.25, 0.3) is 5.91 Å². The second-order valence-electron chi connectivity index (χ2n) is 18.6. The largest absolute Gasteiger partial charge is 0.375 e. The van der Waals surface area contributed by atoms with Gasteiger partial charge in [-0.3, -0.25) is 14.4 Å². The Hall–Kier alpha value is -4.60. The summed E-state index contributed by atoms with van der Waals surface area (Å²) in [4.78, 5) is 61.2. The summed E-state index contributed by atoms with van der Waals surface area (Å²) in [5.41, 5.74) is 9.58. The number of nitrogens with one attached hydrogen (secondary N) is 3. The highest BCUT2D eigenvalue weighted by molar-refractivity contribution is 6.30. The minimum Gasteiger partial charge on any atom is -0.375 e. The summed E-state index contributed by atoms with van der Waals surface area (Å²) in [6.07, 6.45) is 13.5. The number of hydrogen-bond acceptors (Lipinski definition) is 10. The Morgan fingerprint density at radius 3 is 2.37 bits per heavy atom. The van der Waals surface area contributed by atoms with E-state index in [4.69, 9.17) is 22.1 Å². The van der Waals surface area contributed by atoms with Gasteiger partial charge in [-0.25, -0.2) is 9.97 Å². The van der Waals surface area contributed by atoms with Crippen LogP contribution in [-0.4, -0.2) is 137 Å². The Balaban J connectivity index is 0.716. The lowest BCUT2D eigenvalue weighted by atomic mass is 9.86. The predicted octanol–water partition coefficient (Wildman–Crippen LogP) is 5.40. The summed E-state index contributed by atoms with van der Waals surface area (Å²) in [6.45, 7) is 7.26. The quantitative estimate of drug-likeness (QED) is 0.129. The van der Waals surface area contributed by atoms with Gasteiger partial charge >= 0.3 is 0 Å². The van der Waals surface area contributed by atoms with Crippen molar-refractivity contribution in [2.75, 3.05) is 70.3 Å². The Kier molecular flexibility index (Phi) is 13.6. The third-order valence-corrected chi connectivity index (χ3v) is 14.5. The van der Waals surface area contributed by atoms with E-state index in [0.29, 0.717) is 63.2 Å². The monoisotopic (exact) mass is 878 g/mol. The molecule has 2 atom stereocenters.